The number of fused-ring (bicyclic) bond motifs is 1. The number of hydrogen-bond donors (Lipinski definition) is 0. The first kappa shape index (κ1) is 14.6. The van der Waals surface area contributed by atoms with Gasteiger partial charge in [0.1, 0.15) is 6.61 Å². The van der Waals surface area contributed by atoms with Crippen LogP contribution in [0.2, 0.25) is 0 Å². The third kappa shape index (κ3) is 3.21. The summed E-state index contributed by atoms with van der Waals surface area (Å²) >= 11 is 1.66. The van der Waals surface area contributed by atoms with Gasteiger partial charge in [-0.15, -0.1) is 5.10 Å². The van der Waals surface area contributed by atoms with E-state index in [2.05, 4.69) is 31.8 Å². The normalized spacial score (nSPS) is 16.0. The lowest BCUT2D eigenvalue weighted by Gasteiger charge is -2.26. The van der Waals surface area contributed by atoms with Gasteiger partial charge in [0.2, 0.25) is 5.88 Å². The van der Waals surface area contributed by atoms with Crippen LogP contribution in [0.15, 0.2) is 35.2 Å². The fraction of sp³-hybridized carbons (Fsp3) is 0.375. The Morgan fingerprint density at radius 2 is 2.13 bits per heavy atom. The molecule has 3 aromatic heterocycles. The Morgan fingerprint density at radius 3 is 2.96 bits per heavy atom. The first-order valence-electron chi connectivity index (χ1n) is 7.70. The molecule has 0 spiro atoms. The van der Waals surface area contributed by atoms with E-state index in [1.54, 1.807) is 11.3 Å². The maximum Gasteiger partial charge on any atom is 0.231 e. The van der Waals surface area contributed by atoms with Gasteiger partial charge in [-0.25, -0.2) is 9.50 Å². The van der Waals surface area contributed by atoms with E-state index in [4.69, 9.17) is 9.47 Å². The largest absolute Gasteiger partial charge is 0.475 e. The standard InChI is InChI=1S/C16H18N4O2S/c1-2-16(22-9-6-19-4-7-21-8-5-19)18-20-14(11-17-15(1)20)13-3-10-23-12-13/h1-3,10-12H,4-9H2. The monoisotopic (exact) mass is 330 g/mol. The van der Waals surface area contributed by atoms with E-state index in [-0.39, 0.29) is 0 Å². The predicted molar refractivity (Wildman–Crippen MR) is 89.1 cm³/mol. The molecule has 0 amide bonds. The van der Waals surface area contributed by atoms with E-state index < -0.39 is 0 Å². The average Bonchev–Trinajstić information content (AvgIpc) is 3.24. The Balaban J connectivity index is 1.46. The quantitative estimate of drug-likeness (QED) is 0.718. The van der Waals surface area contributed by atoms with Gasteiger partial charge in [-0.05, 0) is 17.5 Å². The number of morpholine rings is 1. The molecule has 4 heterocycles. The van der Waals surface area contributed by atoms with Crippen molar-refractivity contribution in [1.82, 2.24) is 19.5 Å². The van der Waals surface area contributed by atoms with Crippen LogP contribution in [-0.2, 0) is 4.74 Å². The van der Waals surface area contributed by atoms with E-state index in [0.29, 0.717) is 12.5 Å². The van der Waals surface area contributed by atoms with Gasteiger partial charge in [0.15, 0.2) is 5.65 Å². The molecule has 0 atom stereocenters. The van der Waals surface area contributed by atoms with Crippen LogP contribution in [0.25, 0.3) is 16.9 Å². The highest BCUT2D eigenvalue weighted by Crippen LogP contribution is 2.23. The Bertz CT molecular complexity index is 766. The number of aromatic nitrogens is 3. The molecular weight excluding hydrogens is 312 g/mol. The van der Waals surface area contributed by atoms with Crippen LogP contribution in [-0.4, -0.2) is 59.0 Å². The molecule has 120 valence electrons. The molecular formula is C16H18N4O2S. The van der Waals surface area contributed by atoms with Crippen molar-refractivity contribution < 1.29 is 9.47 Å². The van der Waals surface area contributed by atoms with E-state index in [9.17, 15) is 0 Å². The molecule has 1 saturated heterocycles. The van der Waals surface area contributed by atoms with E-state index in [1.807, 2.05) is 22.8 Å². The van der Waals surface area contributed by atoms with Crippen LogP contribution in [0, 0.1) is 0 Å². The smallest absolute Gasteiger partial charge is 0.231 e. The van der Waals surface area contributed by atoms with Crippen molar-refractivity contribution in [3.8, 4) is 17.1 Å². The zero-order valence-corrected chi connectivity index (χ0v) is 13.5. The molecule has 0 aliphatic carbocycles. The Hall–Kier alpha value is -1.96. The topological polar surface area (TPSA) is 51.9 Å². The molecule has 4 rings (SSSR count). The van der Waals surface area contributed by atoms with Crippen LogP contribution in [0.1, 0.15) is 0 Å². The number of hydrogen-bond acceptors (Lipinski definition) is 6. The van der Waals surface area contributed by atoms with Crippen LogP contribution in [0.4, 0.5) is 0 Å². The molecule has 0 unspecified atom stereocenters. The number of rotatable bonds is 5. The highest BCUT2D eigenvalue weighted by molar-refractivity contribution is 7.08. The Morgan fingerprint density at radius 1 is 1.22 bits per heavy atom. The maximum atomic E-state index is 5.82. The molecule has 6 nitrogen and oxygen atoms in total. The number of imidazole rings is 1. The minimum Gasteiger partial charge on any atom is -0.475 e. The lowest BCUT2D eigenvalue weighted by molar-refractivity contribution is 0.0319. The average molecular weight is 330 g/mol. The first-order chi connectivity index (χ1) is 11.4. The third-order valence-corrected chi connectivity index (χ3v) is 4.60. The van der Waals surface area contributed by atoms with Gasteiger partial charge >= 0.3 is 0 Å². The van der Waals surface area contributed by atoms with Crippen molar-refractivity contribution in [2.75, 3.05) is 39.5 Å². The van der Waals surface area contributed by atoms with Crippen LogP contribution in [0.3, 0.4) is 0 Å². The summed E-state index contributed by atoms with van der Waals surface area (Å²) in [5, 5.41) is 8.71. The number of ether oxygens (including phenoxy) is 2. The number of thiophene rings is 1. The molecule has 0 bridgehead atoms. The first-order valence-corrected chi connectivity index (χ1v) is 8.65. The van der Waals surface area contributed by atoms with Gasteiger partial charge < -0.3 is 9.47 Å². The fourth-order valence-electron chi connectivity index (χ4n) is 2.64. The van der Waals surface area contributed by atoms with Crippen LogP contribution >= 0.6 is 11.3 Å². The lowest BCUT2D eigenvalue weighted by atomic mass is 10.3. The van der Waals surface area contributed by atoms with Gasteiger partial charge in [0.05, 0.1) is 25.1 Å². The van der Waals surface area contributed by atoms with Gasteiger partial charge in [0, 0.05) is 36.6 Å². The van der Waals surface area contributed by atoms with Gasteiger partial charge in [0.25, 0.3) is 0 Å². The van der Waals surface area contributed by atoms with Gasteiger partial charge in [-0.1, -0.05) is 0 Å². The molecule has 1 aliphatic rings. The molecule has 0 saturated carbocycles. The number of nitrogens with zero attached hydrogens (tertiary/aromatic N) is 4. The highest BCUT2D eigenvalue weighted by atomic mass is 32.1. The van der Waals surface area contributed by atoms with Crippen molar-refractivity contribution in [3.05, 3.63) is 35.2 Å². The minimum atomic E-state index is 0.625. The minimum absolute atomic E-state index is 0.625. The molecule has 1 fully saturated rings. The second-order valence-corrected chi connectivity index (χ2v) is 6.18. The zero-order valence-electron chi connectivity index (χ0n) is 12.7. The lowest BCUT2D eigenvalue weighted by Crippen LogP contribution is -2.38. The van der Waals surface area contributed by atoms with E-state index in [0.717, 1.165) is 49.8 Å². The summed E-state index contributed by atoms with van der Waals surface area (Å²) in [4.78, 5) is 6.74. The van der Waals surface area contributed by atoms with E-state index in [1.165, 1.54) is 0 Å². The summed E-state index contributed by atoms with van der Waals surface area (Å²) in [5.41, 5.74) is 2.94. The van der Waals surface area contributed by atoms with Crippen molar-refractivity contribution >= 4 is 17.0 Å². The summed E-state index contributed by atoms with van der Waals surface area (Å²) in [6.07, 6.45) is 1.85. The van der Waals surface area contributed by atoms with Gasteiger partial charge in [-0.3, -0.25) is 4.90 Å². The Labute approximate surface area is 138 Å². The second kappa shape index (κ2) is 6.66. The molecule has 0 N–H and O–H groups in total. The fourth-order valence-corrected chi connectivity index (χ4v) is 3.29. The second-order valence-electron chi connectivity index (χ2n) is 5.40. The van der Waals surface area contributed by atoms with Gasteiger partial charge in [-0.2, -0.15) is 11.3 Å². The molecule has 3 aromatic rings. The summed E-state index contributed by atoms with van der Waals surface area (Å²) in [6, 6.07) is 5.88. The molecule has 0 radical (unpaired) electrons. The van der Waals surface area contributed by atoms with Crippen molar-refractivity contribution in [3.63, 3.8) is 0 Å². The molecule has 0 aromatic carbocycles. The summed E-state index contributed by atoms with van der Waals surface area (Å²) in [7, 11) is 0. The Kier molecular flexibility index (Phi) is 4.23. The molecule has 7 heteroatoms. The van der Waals surface area contributed by atoms with E-state index >= 15 is 0 Å². The predicted octanol–water partition coefficient (Wildman–Crippen LogP) is 2.17. The van der Waals surface area contributed by atoms with Crippen LogP contribution in [0.5, 0.6) is 5.88 Å². The SMILES string of the molecule is c1cc(-c2cnc3ccc(OCCN4CCOCC4)nn23)cs1. The van der Waals surface area contributed by atoms with Crippen molar-refractivity contribution in [1.29, 1.82) is 0 Å². The summed E-state index contributed by atoms with van der Waals surface area (Å²) in [5.74, 6) is 0.625. The van der Waals surface area contributed by atoms with Crippen molar-refractivity contribution in [2.24, 2.45) is 0 Å². The maximum absolute atomic E-state index is 5.82. The van der Waals surface area contributed by atoms with Crippen molar-refractivity contribution in [2.45, 2.75) is 0 Å². The van der Waals surface area contributed by atoms with Crippen LogP contribution < -0.4 is 4.74 Å². The summed E-state index contributed by atoms with van der Waals surface area (Å²) < 4.78 is 13.0. The third-order valence-electron chi connectivity index (χ3n) is 3.92. The molecule has 23 heavy (non-hydrogen) atoms. The zero-order chi connectivity index (χ0) is 15.5. The highest BCUT2D eigenvalue weighted by Gasteiger charge is 2.11. The summed E-state index contributed by atoms with van der Waals surface area (Å²) in [6.45, 7) is 5.08. The molecule has 1 aliphatic heterocycles.